The van der Waals surface area contributed by atoms with Crippen LogP contribution in [-0.4, -0.2) is 39.4 Å². The molecule has 7 heteroatoms. The number of carbonyl (C=O) groups excluding carboxylic acids is 2. The van der Waals surface area contributed by atoms with Gasteiger partial charge in [0.05, 0.1) is 12.2 Å². The van der Waals surface area contributed by atoms with E-state index >= 15 is 0 Å². The van der Waals surface area contributed by atoms with E-state index in [0.717, 1.165) is 42.7 Å². The van der Waals surface area contributed by atoms with Crippen LogP contribution < -0.4 is 5.32 Å². The summed E-state index contributed by atoms with van der Waals surface area (Å²) in [6.07, 6.45) is 5.37. The average molecular weight is 461 g/mol. The summed E-state index contributed by atoms with van der Waals surface area (Å²) in [5, 5.41) is 3.28. The molecule has 2 amide bonds. The van der Waals surface area contributed by atoms with Crippen LogP contribution in [0, 0.1) is 0 Å². The third-order valence-electron chi connectivity index (χ3n) is 5.39. The van der Waals surface area contributed by atoms with Gasteiger partial charge in [-0.15, -0.1) is 0 Å². The number of rotatable bonds is 12. The highest BCUT2D eigenvalue weighted by Crippen LogP contribution is 2.24. The molecule has 1 N–H and O–H groups in total. The van der Waals surface area contributed by atoms with Crippen molar-refractivity contribution in [1.82, 2.24) is 10.2 Å². The van der Waals surface area contributed by atoms with Crippen molar-refractivity contribution in [2.24, 2.45) is 0 Å². The van der Waals surface area contributed by atoms with Crippen molar-refractivity contribution in [2.45, 2.75) is 49.7 Å². The first-order valence-electron chi connectivity index (χ1n) is 10.7. The van der Waals surface area contributed by atoms with Crippen LogP contribution in [0.15, 0.2) is 54.6 Å². The molecule has 0 saturated carbocycles. The quantitative estimate of drug-likeness (QED) is 0.383. The summed E-state index contributed by atoms with van der Waals surface area (Å²) in [5.74, 6) is 0.0998. The highest BCUT2D eigenvalue weighted by atomic mass is 35.5. The van der Waals surface area contributed by atoms with Crippen LogP contribution in [0.1, 0.15) is 43.2 Å². The number of β-lactam (4-membered cyclic amide) rings is 1. The van der Waals surface area contributed by atoms with Gasteiger partial charge < -0.3 is 10.2 Å². The van der Waals surface area contributed by atoms with E-state index in [0.29, 0.717) is 12.3 Å². The lowest BCUT2D eigenvalue weighted by atomic mass is 10.1. The maximum absolute atomic E-state index is 12.6. The molecule has 166 valence electrons. The average Bonchev–Trinajstić information content (AvgIpc) is 2.76. The molecule has 31 heavy (non-hydrogen) atoms. The number of unbranched alkanes of at least 4 members (excludes halogenated alkanes) is 3. The lowest BCUT2D eigenvalue weighted by molar-refractivity contribution is -0.145. The van der Waals surface area contributed by atoms with Crippen LogP contribution in [0.4, 0.5) is 0 Å². The fraction of sp³-hybridized carbons (Fsp3) is 0.417. The van der Waals surface area contributed by atoms with E-state index in [9.17, 15) is 13.8 Å². The first kappa shape index (κ1) is 23.5. The lowest BCUT2D eigenvalue weighted by Gasteiger charge is -2.39. The molecular formula is C24H29ClN2O3S. The monoisotopic (exact) mass is 460 g/mol. The topological polar surface area (TPSA) is 66.5 Å². The second-order valence-corrected chi connectivity index (χ2v) is 9.87. The number of nitrogens with one attached hydrogen (secondary N) is 1. The molecule has 2 atom stereocenters. The van der Waals surface area contributed by atoms with Crippen molar-refractivity contribution in [1.29, 1.82) is 0 Å². The molecule has 1 aliphatic rings. The molecule has 1 fully saturated rings. The molecule has 0 aromatic heterocycles. The number of carbonyl (C=O) groups is 2. The Morgan fingerprint density at radius 3 is 2.52 bits per heavy atom. The molecule has 5 nitrogen and oxygen atoms in total. The van der Waals surface area contributed by atoms with E-state index in [4.69, 9.17) is 11.6 Å². The van der Waals surface area contributed by atoms with Gasteiger partial charge in [-0.25, -0.2) is 0 Å². The Kier molecular flexibility index (Phi) is 9.10. The molecule has 1 saturated heterocycles. The minimum absolute atomic E-state index is 0.0151. The van der Waals surface area contributed by atoms with Crippen LogP contribution in [-0.2, 0) is 32.6 Å². The zero-order chi connectivity index (χ0) is 22.1. The van der Waals surface area contributed by atoms with E-state index in [1.54, 1.807) is 0 Å². The molecule has 1 aliphatic heterocycles. The number of aryl methyl sites for hydroxylation is 1. The minimum Gasteiger partial charge on any atom is -0.355 e. The van der Waals surface area contributed by atoms with Gasteiger partial charge in [-0.05, 0) is 42.5 Å². The SMILES string of the molecule is O=C(CN1C(=O)CC1S(=O)Cc1ccccc1)NCCCCCCc1cccc(Cl)c1. The second-order valence-electron chi connectivity index (χ2n) is 7.84. The summed E-state index contributed by atoms with van der Waals surface area (Å²) in [6, 6.07) is 17.5. The summed E-state index contributed by atoms with van der Waals surface area (Å²) >= 11 is 6.00. The first-order chi connectivity index (χ1) is 15.0. The number of likely N-dealkylation sites (tertiary alicyclic amines) is 1. The molecule has 0 spiro atoms. The Morgan fingerprint density at radius 1 is 1.03 bits per heavy atom. The number of amides is 2. The zero-order valence-corrected chi connectivity index (χ0v) is 19.2. The third-order valence-corrected chi connectivity index (χ3v) is 7.27. The van der Waals surface area contributed by atoms with Crippen LogP contribution >= 0.6 is 11.6 Å². The number of hydrogen-bond donors (Lipinski definition) is 1. The van der Waals surface area contributed by atoms with Crippen LogP contribution in [0.2, 0.25) is 5.02 Å². The summed E-state index contributed by atoms with van der Waals surface area (Å²) in [6.45, 7) is 0.578. The summed E-state index contributed by atoms with van der Waals surface area (Å²) < 4.78 is 12.6. The van der Waals surface area contributed by atoms with Gasteiger partial charge in [0.1, 0.15) is 11.9 Å². The second kappa shape index (κ2) is 12.0. The Morgan fingerprint density at radius 2 is 1.77 bits per heavy atom. The Labute approximate surface area is 191 Å². The molecule has 2 aromatic carbocycles. The molecule has 0 aliphatic carbocycles. The van der Waals surface area contributed by atoms with Crippen molar-refractivity contribution in [3.8, 4) is 0 Å². The number of benzene rings is 2. The van der Waals surface area contributed by atoms with Gasteiger partial charge in [-0.3, -0.25) is 13.8 Å². The van der Waals surface area contributed by atoms with Gasteiger partial charge in [0.2, 0.25) is 11.8 Å². The van der Waals surface area contributed by atoms with Gasteiger partial charge in [-0.2, -0.15) is 0 Å². The van der Waals surface area contributed by atoms with E-state index < -0.39 is 10.8 Å². The molecule has 0 bridgehead atoms. The fourth-order valence-corrected chi connectivity index (χ4v) is 5.35. The predicted octanol–water partition coefficient (Wildman–Crippen LogP) is 4.07. The first-order valence-corrected chi connectivity index (χ1v) is 12.5. The van der Waals surface area contributed by atoms with Crippen molar-refractivity contribution in [2.75, 3.05) is 13.1 Å². The lowest BCUT2D eigenvalue weighted by Crippen LogP contribution is -2.57. The van der Waals surface area contributed by atoms with Crippen LogP contribution in [0.3, 0.4) is 0 Å². The highest BCUT2D eigenvalue weighted by molar-refractivity contribution is 7.85. The molecule has 2 unspecified atom stereocenters. The molecule has 3 rings (SSSR count). The maximum Gasteiger partial charge on any atom is 0.239 e. The molecule has 1 heterocycles. The fourth-order valence-electron chi connectivity index (χ4n) is 3.62. The molecule has 2 aromatic rings. The zero-order valence-electron chi connectivity index (χ0n) is 17.6. The smallest absolute Gasteiger partial charge is 0.239 e. The van der Waals surface area contributed by atoms with Crippen molar-refractivity contribution >= 4 is 34.2 Å². The van der Waals surface area contributed by atoms with Gasteiger partial charge in [0.25, 0.3) is 0 Å². The molecule has 0 radical (unpaired) electrons. The van der Waals surface area contributed by atoms with Crippen molar-refractivity contribution < 1.29 is 13.8 Å². The standard InChI is InChI=1S/C24H29ClN2O3S/c25-21-13-8-12-19(15-21)9-4-1-2-7-14-26-22(28)17-27-23(29)16-24(27)31(30)18-20-10-5-3-6-11-20/h3,5-6,8,10-13,15,24H,1-2,4,7,9,14,16-18H2,(H,26,28). The van der Waals surface area contributed by atoms with Gasteiger partial charge in [0, 0.05) is 22.4 Å². The Bertz CT molecular complexity index is 907. The normalized spacial score (nSPS) is 16.6. The van der Waals surface area contributed by atoms with E-state index in [2.05, 4.69) is 11.4 Å². The summed E-state index contributed by atoms with van der Waals surface area (Å²) in [5.41, 5.74) is 2.22. The summed E-state index contributed by atoms with van der Waals surface area (Å²) in [7, 11) is -1.21. The highest BCUT2D eigenvalue weighted by Gasteiger charge is 2.40. The largest absolute Gasteiger partial charge is 0.355 e. The Hall–Kier alpha value is -2.18. The van der Waals surface area contributed by atoms with Crippen molar-refractivity contribution in [3.05, 3.63) is 70.7 Å². The van der Waals surface area contributed by atoms with Gasteiger partial charge in [0.15, 0.2) is 0 Å². The third kappa shape index (κ3) is 7.47. The van der Waals surface area contributed by atoms with Gasteiger partial charge >= 0.3 is 0 Å². The van der Waals surface area contributed by atoms with E-state index in [1.807, 2.05) is 48.5 Å². The van der Waals surface area contributed by atoms with Gasteiger partial charge in [-0.1, -0.05) is 66.9 Å². The predicted molar refractivity (Wildman–Crippen MR) is 125 cm³/mol. The van der Waals surface area contributed by atoms with E-state index in [1.165, 1.54) is 10.5 Å². The minimum atomic E-state index is -1.21. The molecular weight excluding hydrogens is 432 g/mol. The summed E-state index contributed by atoms with van der Waals surface area (Å²) in [4.78, 5) is 25.6. The number of hydrogen-bond acceptors (Lipinski definition) is 3. The maximum atomic E-state index is 12.6. The Balaban J connectivity index is 1.29. The number of nitrogens with zero attached hydrogens (tertiary/aromatic N) is 1. The number of halogens is 1. The van der Waals surface area contributed by atoms with Crippen LogP contribution in [0.5, 0.6) is 0 Å². The van der Waals surface area contributed by atoms with E-state index in [-0.39, 0.29) is 30.2 Å². The van der Waals surface area contributed by atoms with Crippen molar-refractivity contribution in [3.63, 3.8) is 0 Å². The van der Waals surface area contributed by atoms with Crippen LogP contribution in [0.25, 0.3) is 0 Å².